The number of amides is 1. The molecule has 0 aliphatic carbocycles. The zero-order valence-corrected chi connectivity index (χ0v) is 10.2. The average Bonchev–Trinajstić information content (AvgIpc) is 2.70. The van der Waals surface area contributed by atoms with Crippen LogP contribution in [0.25, 0.3) is 11.3 Å². The monoisotopic (exact) mass is 279 g/mol. The maximum Gasteiger partial charge on any atom is 0.284 e. The minimum atomic E-state index is -0.557. The maximum absolute atomic E-state index is 10.9. The number of nitrogens with zero attached hydrogens (tertiary/aromatic N) is 1. The second-order valence-corrected chi connectivity index (χ2v) is 4.38. The number of hydrogen-bond donors (Lipinski definition) is 2. The Balaban J connectivity index is 2.50. The Kier molecular flexibility index (Phi) is 2.78. The summed E-state index contributed by atoms with van der Waals surface area (Å²) in [5, 5.41) is 0. The van der Waals surface area contributed by atoms with Crippen LogP contribution >= 0.6 is 15.9 Å². The Bertz CT molecular complexity index is 548. The molecule has 2 aromatic rings. The number of rotatable bonds is 2. The van der Waals surface area contributed by atoms with E-state index in [1.807, 2.05) is 25.1 Å². The van der Waals surface area contributed by atoms with E-state index in [1.54, 1.807) is 6.20 Å². The van der Waals surface area contributed by atoms with Crippen LogP contribution in [-0.2, 0) is 0 Å². The number of aromatic nitrogens is 2. The molecule has 1 amide bonds. The number of hydrogen-bond acceptors (Lipinski definition) is 2. The quantitative estimate of drug-likeness (QED) is 0.885. The number of carbonyl (C=O) groups is 1. The van der Waals surface area contributed by atoms with Gasteiger partial charge in [-0.2, -0.15) is 0 Å². The Morgan fingerprint density at radius 1 is 1.50 bits per heavy atom. The lowest BCUT2D eigenvalue weighted by Gasteiger charge is -2.03. The topological polar surface area (TPSA) is 71.8 Å². The fourth-order valence-electron chi connectivity index (χ4n) is 1.47. The van der Waals surface area contributed by atoms with Crippen LogP contribution in [-0.4, -0.2) is 15.9 Å². The first-order valence-corrected chi connectivity index (χ1v) is 5.48. The van der Waals surface area contributed by atoms with Crippen molar-refractivity contribution in [1.82, 2.24) is 9.97 Å². The van der Waals surface area contributed by atoms with Gasteiger partial charge < -0.3 is 10.7 Å². The van der Waals surface area contributed by atoms with Crippen LogP contribution in [0.15, 0.2) is 28.9 Å². The van der Waals surface area contributed by atoms with Gasteiger partial charge in [-0.05, 0) is 24.6 Å². The first-order valence-electron chi connectivity index (χ1n) is 4.69. The molecule has 1 heterocycles. The van der Waals surface area contributed by atoms with Gasteiger partial charge >= 0.3 is 0 Å². The Hall–Kier alpha value is -1.62. The molecule has 16 heavy (non-hydrogen) atoms. The average molecular weight is 280 g/mol. The summed E-state index contributed by atoms with van der Waals surface area (Å²) < 4.78 is 0.975. The highest BCUT2D eigenvalue weighted by Crippen LogP contribution is 2.25. The van der Waals surface area contributed by atoms with E-state index in [0.717, 1.165) is 21.3 Å². The number of benzene rings is 1. The van der Waals surface area contributed by atoms with E-state index >= 15 is 0 Å². The van der Waals surface area contributed by atoms with Crippen molar-refractivity contribution in [3.8, 4) is 11.3 Å². The second kappa shape index (κ2) is 4.09. The van der Waals surface area contributed by atoms with Crippen LogP contribution in [0.3, 0.4) is 0 Å². The number of nitrogens with one attached hydrogen (secondary N) is 1. The number of halogens is 1. The number of H-pyrrole nitrogens is 1. The van der Waals surface area contributed by atoms with Crippen molar-refractivity contribution in [3.63, 3.8) is 0 Å². The highest BCUT2D eigenvalue weighted by atomic mass is 79.9. The standard InChI is InChI=1S/C11H10BrN3O/c1-6-2-3-7(12)4-8(6)9-5-14-11(15-9)10(13)16/h2-5H,1H3,(H2,13,16)(H,14,15). The third-order valence-corrected chi connectivity index (χ3v) is 2.79. The lowest BCUT2D eigenvalue weighted by atomic mass is 10.1. The predicted octanol–water partition coefficient (Wildman–Crippen LogP) is 2.25. The van der Waals surface area contributed by atoms with E-state index in [2.05, 4.69) is 25.9 Å². The van der Waals surface area contributed by atoms with Gasteiger partial charge in [0.1, 0.15) is 0 Å². The molecular formula is C11H10BrN3O. The van der Waals surface area contributed by atoms with Gasteiger partial charge in [0.2, 0.25) is 0 Å². The molecule has 1 aromatic heterocycles. The van der Waals surface area contributed by atoms with Gasteiger partial charge in [-0.1, -0.05) is 22.0 Å². The van der Waals surface area contributed by atoms with Crippen LogP contribution in [0, 0.1) is 6.92 Å². The molecule has 2 rings (SSSR count). The molecule has 0 radical (unpaired) electrons. The molecule has 0 bridgehead atoms. The Morgan fingerprint density at radius 2 is 2.25 bits per heavy atom. The molecule has 3 N–H and O–H groups in total. The summed E-state index contributed by atoms with van der Waals surface area (Å²) in [6, 6.07) is 5.92. The minimum absolute atomic E-state index is 0.175. The van der Waals surface area contributed by atoms with Crippen LogP contribution in [0.1, 0.15) is 16.2 Å². The summed E-state index contributed by atoms with van der Waals surface area (Å²) in [5.74, 6) is -0.381. The smallest absolute Gasteiger partial charge is 0.284 e. The molecular weight excluding hydrogens is 270 g/mol. The molecule has 0 atom stereocenters. The van der Waals surface area contributed by atoms with Crippen LogP contribution in [0.2, 0.25) is 0 Å². The molecule has 0 saturated heterocycles. The van der Waals surface area contributed by atoms with Gasteiger partial charge in [0.05, 0.1) is 11.9 Å². The van der Waals surface area contributed by atoms with E-state index in [-0.39, 0.29) is 5.82 Å². The largest absolute Gasteiger partial charge is 0.363 e. The van der Waals surface area contributed by atoms with Crippen molar-refractivity contribution in [1.29, 1.82) is 0 Å². The molecule has 5 heteroatoms. The molecule has 0 unspecified atom stereocenters. The summed E-state index contributed by atoms with van der Waals surface area (Å²) in [6.07, 6.45) is 1.61. The number of imidazole rings is 1. The third-order valence-electron chi connectivity index (χ3n) is 2.30. The first-order chi connectivity index (χ1) is 7.58. The number of nitrogens with two attached hydrogens (primary N) is 1. The van der Waals surface area contributed by atoms with Crippen LogP contribution in [0.4, 0.5) is 0 Å². The minimum Gasteiger partial charge on any atom is -0.363 e. The van der Waals surface area contributed by atoms with Gasteiger partial charge in [0, 0.05) is 10.0 Å². The van der Waals surface area contributed by atoms with Gasteiger partial charge in [0.25, 0.3) is 5.91 Å². The Labute approximate surface area is 101 Å². The van der Waals surface area contributed by atoms with Crippen molar-refractivity contribution >= 4 is 21.8 Å². The fraction of sp³-hybridized carbons (Fsp3) is 0.0909. The van der Waals surface area contributed by atoms with Gasteiger partial charge in [0.15, 0.2) is 5.82 Å². The summed E-state index contributed by atoms with van der Waals surface area (Å²) in [5.41, 5.74) is 8.01. The van der Waals surface area contributed by atoms with Gasteiger partial charge in [-0.15, -0.1) is 0 Å². The lowest BCUT2D eigenvalue weighted by Crippen LogP contribution is -2.12. The van der Waals surface area contributed by atoms with Crippen molar-refractivity contribution in [2.24, 2.45) is 5.73 Å². The van der Waals surface area contributed by atoms with E-state index in [1.165, 1.54) is 0 Å². The van der Waals surface area contributed by atoms with E-state index in [0.29, 0.717) is 0 Å². The summed E-state index contributed by atoms with van der Waals surface area (Å²) in [7, 11) is 0. The number of aromatic amines is 1. The van der Waals surface area contributed by atoms with Crippen molar-refractivity contribution in [2.45, 2.75) is 6.92 Å². The highest BCUT2D eigenvalue weighted by molar-refractivity contribution is 9.10. The molecule has 1 aromatic carbocycles. The zero-order valence-electron chi connectivity index (χ0n) is 8.62. The normalized spacial score (nSPS) is 10.4. The van der Waals surface area contributed by atoms with E-state index in [9.17, 15) is 4.79 Å². The summed E-state index contributed by atoms with van der Waals surface area (Å²) in [4.78, 5) is 17.7. The molecule has 4 nitrogen and oxygen atoms in total. The first kappa shape index (κ1) is 10.9. The van der Waals surface area contributed by atoms with Gasteiger partial charge in [-0.25, -0.2) is 4.98 Å². The highest BCUT2D eigenvalue weighted by Gasteiger charge is 2.09. The molecule has 0 fully saturated rings. The molecule has 0 aliphatic heterocycles. The van der Waals surface area contributed by atoms with E-state index < -0.39 is 5.91 Å². The fourth-order valence-corrected chi connectivity index (χ4v) is 1.83. The second-order valence-electron chi connectivity index (χ2n) is 3.47. The molecule has 82 valence electrons. The maximum atomic E-state index is 10.9. The molecule has 0 saturated carbocycles. The number of aryl methyl sites for hydroxylation is 1. The summed E-state index contributed by atoms with van der Waals surface area (Å²) in [6.45, 7) is 1.99. The van der Waals surface area contributed by atoms with Crippen LogP contribution < -0.4 is 5.73 Å². The van der Waals surface area contributed by atoms with Crippen molar-refractivity contribution in [2.75, 3.05) is 0 Å². The summed E-state index contributed by atoms with van der Waals surface area (Å²) >= 11 is 3.40. The lowest BCUT2D eigenvalue weighted by molar-refractivity contribution is 0.0991. The van der Waals surface area contributed by atoms with Gasteiger partial charge in [-0.3, -0.25) is 4.79 Å². The molecule has 0 spiro atoms. The van der Waals surface area contributed by atoms with Crippen molar-refractivity contribution < 1.29 is 4.79 Å². The SMILES string of the molecule is Cc1ccc(Br)cc1-c1cnc(C(N)=O)[nH]1. The van der Waals surface area contributed by atoms with Crippen LogP contribution in [0.5, 0.6) is 0 Å². The number of primary amides is 1. The van der Waals surface area contributed by atoms with Crippen molar-refractivity contribution in [3.05, 3.63) is 40.3 Å². The molecule has 0 aliphatic rings. The predicted molar refractivity (Wildman–Crippen MR) is 65.0 cm³/mol. The Morgan fingerprint density at radius 3 is 2.88 bits per heavy atom. The third kappa shape index (κ3) is 1.99. The zero-order chi connectivity index (χ0) is 11.7. The van der Waals surface area contributed by atoms with E-state index in [4.69, 9.17) is 5.73 Å². The number of carbonyl (C=O) groups excluding carboxylic acids is 1.